The van der Waals surface area contributed by atoms with Gasteiger partial charge in [0.25, 0.3) is 0 Å². The summed E-state index contributed by atoms with van der Waals surface area (Å²) >= 11 is 0. The molecule has 2 N–H and O–H groups in total. The van der Waals surface area contributed by atoms with Crippen molar-refractivity contribution in [3.05, 3.63) is 29.3 Å². The van der Waals surface area contributed by atoms with Gasteiger partial charge in [-0.25, -0.2) is 0 Å². The van der Waals surface area contributed by atoms with Crippen molar-refractivity contribution >= 4 is 0 Å². The largest absolute Gasteiger partial charge is 0.491 e. The Morgan fingerprint density at radius 1 is 1.19 bits per heavy atom. The van der Waals surface area contributed by atoms with Gasteiger partial charge >= 0.3 is 6.18 Å². The van der Waals surface area contributed by atoms with Gasteiger partial charge < -0.3 is 15.2 Å². The summed E-state index contributed by atoms with van der Waals surface area (Å²) < 4.78 is 49.5. The average molecular weight is 305 g/mol. The second kappa shape index (κ2) is 8.24. The van der Waals surface area contributed by atoms with Crippen LogP contribution in [0.15, 0.2) is 18.2 Å². The van der Waals surface area contributed by atoms with Crippen LogP contribution in [0.1, 0.15) is 31.4 Å². The van der Waals surface area contributed by atoms with E-state index in [-0.39, 0.29) is 25.0 Å². The number of alkyl halides is 3. The molecule has 0 saturated heterocycles. The molecular weight excluding hydrogens is 283 g/mol. The number of benzene rings is 1. The van der Waals surface area contributed by atoms with Crippen molar-refractivity contribution in [1.82, 2.24) is 0 Å². The van der Waals surface area contributed by atoms with E-state index in [0.29, 0.717) is 18.6 Å². The Balaban J connectivity index is 2.77. The number of hydrogen-bond donors (Lipinski definition) is 1. The van der Waals surface area contributed by atoms with E-state index in [0.717, 1.165) is 12.5 Å². The van der Waals surface area contributed by atoms with Crippen LogP contribution < -0.4 is 10.5 Å². The lowest BCUT2D eigenvalue weighted by molar-refractivity contribution is -0.139. The van der Waals surface area contributed by atoms with Gasteiger partial charge in [0.15, 0.2) is 0 Å². The normalized spacial score (nSPS) is 13.2. The predicted octanol–water partition coefficient (Wildman–Crippen LogP) is 3.40. The van der Waals surface area contributed by atoms with E-state index < -0.39 is 11.7 Å². The molecule has 0 aliphatic carbocycles. The molecular formula is C15H22F3NO2. The van der Waals surface area contributed by atoms with E-state index >= 15 is 0 Å². The molecule has 1 aromatic rings. The van der Waals surface area contributed by atoms with Crippen LogP contribution in [-0.4, -0.2) is 25.9 Å². The third-order valence-electron chi connectivity index (χ3n) is 2.74. The maximum Gasteiger partial charge on any atom is 0.419 e. The molecule has 0 aromatic heterocycles. The number of halogens is 3. The minimum Gasteiger partial charge on any atom is -0.491 e. The summed E-state index contributed by atoms with van der Waals surface area (Å²) in [6.07, 6.45) is -3.20. The SMILES string of the molecule is CCCOCCOc1ccc(CC(C)N)cc1C(F)(F)F. The summed E-state index contributed by atoms with van der Waals surface area (Å²) in [5.41, 5.74) is 5.40. The summed E-state index contributed by atoms with van der Waals surface area (Å²) in [4.78, 5) is 0. The Bertz CT molecular complexity index is 433. The van der Waals surface area contributed by atoms with Crippen molar-refractivity contribution in [2.75, 3.05) is 19.8 Å². The summed E-state index contributed by atoms with van der Waals surface area (Å²) in [6, 6.07) is 3.87. The third-order valence-corrected chi connectivity index (χ3v) is 2.74. The highest BCUT2D eigenvalue weighted by Crippen LogP contribution is 2.37. The van der Waals surface area contributed by atoms with E-state index in [1.165, 1.54) is 6.07 Å². The first-order valence-electron chi connectivity index (χ1n) is 7.00. The summed E-state index contributed by atoms with van der Waals surface area (Å²) in [6.45, 7) is 4.65. The zero-order valence-corrected chi connectivity index (χ0v) is 12.4. The second-order valence-electron chi connectivity index (χ2n) is 4.97. The van der Waals surface area contributed by atoms with E-state index in [9.17, 15) is 13.2 Å². The first-order valence-corrected chi connectivity index (χ1v) is 7.00. The smallest absolute Gasteiger partial charge is 0.419 e. The molecule has 120 valence electrons. The average Bonchev–Trinajstić information content (AvgIpc) is 2.38. The Morgan fingerprint density at radius 3 is 2.48 bits per heavy atom. The van der Waals surface area contributed by atoms with Gasteiger partial charge in [0.05, 0.1) is 12.2 Å². The molecule has 0 heterocycles. The molecule has 0 saturated carbocycles. The number of hydrogen-bond acceptors (Lipinski definition) is 3. The molecule has 1 aromatic carbocycles. The highest BCUT2D eigenvalue weighted by Gasteiger charge is 2.34. The second-order valence-corrected chi connectivity index (χ2v) is 4.97. The van der Waals surface area contributed by atoms with Gasteiger partial charge in [-0.05, 0) is 37.5 Å². The summed E-state index contributed by atoms with van der Waals surface area (Å²) in [5, 5.41) is 0. The van der Waals surface area contributed by atoms with Crippen LogP contribution >= 0.6 is 0 Å². The maximum atomic E-state index is 13.1. The molecule has 1 atom stereocenters. The van der Waals surface area contributed by atoms with Crippen molar-refractivity contribution in [1.29, 1.82) is 0 Å². The standard InChI is InChI=1S/C15H22F3NO2/c1-3-6-20-7-8-21-14-5-4-12(9-11(2)19)10-13(14)15(16,17)18/h4-5,10-11H,3,6-9,19H2,1-2H3. The van der Waals surface area contributed by atoms with Crippen LogP contribution in [0, 0.1) is 0 Å². The van der Waals surface area contributed by atoms with Crippen LogP contribution in [0.5, 0.6) is 5.75 Å². The molecule has 1 rings (SSSR count). The quantitative estimate of drug-likeness (QED) is 0.749. The Kier molecular flexibility index (Phi) is 6.98. The molecule has 0 bridgehead atoms. The van der Waals surface area contributed by atoms with Crippen molar-refractivity contribution in [2.45, 2.75) is 38.9 Å². The van der Waals surface area contributed by atoms with Crippen LogP contribution in [0.25, 0.3) is 0 Å². The van der Waals surface area contributed by atoms with Crippen molar-refractivity contribution in [2.24, 2.45) is 5.73 Å². The van der Waals surface area contributed by atoms with Gasteiger partial charge in [-0.2, -0.15) is 13.2 Å². The number of rotatable bonds is 8. The zero-order valence-electron chi connectivity index (χ0n) is 12.4. The lowest BCUT2D eigenvalue weighted by Gasteiger charge is -2.16. The molecule has 0 fully saturated rings. The van der Waals surface area contributed by atoms with Crippen LogP contribution in [-0.2, 0) is 17.3 Å². The van der Waals surface area contributed by atoms with E-state index in [4.69, 9.17) is 15.2 Å². The molecule has 3 nitrogen and oxygen atoms in total. The predicted molar refractivity (Wildman–Crippen MR) is 75.4 cm³/mol. The monoisotopic (exact) mass is 305 g/mol. The van der Waals surface area contributed by atoms with Gasteiger partial charge in [0.1, 0.15) is 12.4 Å². The molecule has 0 radical (unpaired) electrons. The minimum atomic E-state index is -4.45. The van der Waals surface area contributed by atoms with Gasteiger partial charge in [-0.3, -0.25) is 0 Å². The third kappa shape index (κ3) is 6.35. The minimum absolute atomic E-state index is 0.0930. The van der Waals surface area contributed by atoms with Crippen LogP contribution in [0.2, 0.25) is 0 Å². The van der Waals surface area contributed by atoms with Crippen molar-refractivity contribution < 1.29 is 22.6 Å². The fourth-order valence-corrected chi connectivity index (χ4v) is 1.88. The number of ether oxygens (including phenoxy) is 2. The zero-order chi connectivity index (χ0) is 15.9. The first kappa shape index (κ1) is 17.8. The topological polar surface area (TPSA) is 44.5 Å². The summed E-state index contributed by atoms with van der Waals surface area (Å²) in [5.74, 6) is -0.170. The molecule has 6 heteroatoms. The number of nitrogens with two attached hydrogens (primary N) is 1. The maximum absolute atomic E-state index is 13.1. The molecule has 0 amide bonds. The van der Waals surface area contributed by atoms with E-state index in [2.05, 4.69) is 0 Å². The van der Waals surface area contributed by atoms with E-state index in [1.54, 1.807) is 13.0 Å². The Labute approximate surface area is 123 Å². The van der Waals surface area contributed by atoms with Crippen LogP contribution in [0.4, 0.5) is 13.2 Å². The molecule has 21 heavy (non-hydrogen) atoms. The van der Waals surface area contributed by atoms with Gasteiger partial charge in [0.2, 0.25) is 0 Å². The van der Waals surface area contributed by atoms with Crippen molar-refractivity contribution in [3.63, 3.8) is 0 Å². The van der Waals surface area contributed by atoms with Gasteiger partial charge in [-0.1, -0.05) is 13.0 Å². The first-order chi connectivity index (χ1) is 9.84. The Hall–Kier alpha value is -1.27. The van der Waals surface area contributed by atoms with Gasteiger partial charge in [-0.15, -0.1) is 0 Å². The van der Waals surface area contributed by atoms with E-state index in [1.807, 2.05) is 6.92 Å². The fraction of sp³-hybridized carbons (Fsp3) is 0.600. The summed E-state index contributed by atoms with van der Waals surface area (Å²) in [7, 11) is 0. The Morgan fingerprint density at radius 2 is 1.90 bits per heavy atom. The lowest BCUT2D eigenvalue weighted by Crippen LogP contribution is -2.18. The van der Waals surface area contributed by atoms with Crippen molar-refractivity contribution in [3.8, 4) is 5.75 Å². The molecule has 1 unspecified atom stereocenters. The highest BCUT2D eigenvalue weighted by atomic mass is 19.4. The highest BCUT2D eigenvalue weighted by molar-refractivity contribution is 5.39. The molecule has 0 aliphatic heterocycles. The van der Waals surface area contributed by atoms with Gasteiger partial charge in [0, 0.05) is 12.6 Å². The molecule has 0 aliphatic rings. The fourth-order valence-electron chi connectivity index (χ4n) is 1.88. The lowest BCUT2D eigenvalue weighted by atomic mass is 10.0. The van der Waals surface area contributed by atoms with Crippen LogP contribution in [0.3, 0.4) is 0 Å². The molecule has 0 spiro atoms.